The average molecular weight is 286 g/mol. The molecule has 0 aliphatic heterocycles. The van der Waals surface area contributed by atoms with Gasteiger partial charge in [0, 0.05) is 28.2 Å². The Morgan fingerprint density at radius 2 is 1.75 bits per heavy atom. The standard InChI is InChI=1S/C17H13ClFN/c18-14-8-9-16(19)13(10-14)11-20-17-7-3-5-12-4-1-2-6-15(12)17/h1-10,20H,11H2. The lowest BCUT2D eigenvalue weighted by atomic mass is 10.1. The van der Waals surface area contributed by atoms with Crippen molar-refractivity contribution in [3.63, 3.8) is 0 Å². The molecule has 0 heterocycles. The highest BCUT2D eigenvalue weighted by Crippen LogP contribution is 2.24. The molecule has 0 saturated carbocycles. The number of benzene rings is 3. The minimum atomic E-state index is -0.248. The van der Waals surface area contributed by atoms with Crippen LogP contribution in [0.5, 0.6) is 0 Å². The van der Waals surface area contributed by atoms with Gasteiger partial charge >= 0.3 is 0 Å². The van der Waals surface area contributed by atoms with Crippen molar-refractivity contribution in [1.29, 1.82) is 0 Å². The third-order valence-corrected chi connectivity index (χ3v) is 3.50. The molecule has 1 nitrogen and oxygen atoms in total. The molecule has 0 aliphatic carbocycles. The van der Waals surface area contributed by atoms with Crippen molar-refractivity contribution in [2.45, 2.75) is 6.54 Å². The van der Waals surface area contributed by atoms with Crippen LogP contribution in [-0.4, -0.2) is 0 Å². The first-order valence-electron chi connectivity index (χ1n) is 6.39. The number of anilines is 1. The van der Waals surface area contributed by atoms with E-state index in [0.717, 1.165) is 16.5 Å². The topological polar surface area (TPSA) is 12.0 Å². The summed E-state index contributed by atoms with van der Waals surface area (Å²) >= 11 is 5.90. The van der Waals surface area contributed by atoms with Crippen LogP contribution in [0.1, 0.15) is 5.56 Å². The molecular formula is C17H13ClFN. The first kappa shape index (κ1) is 12.9. The first-order valence-corrected chi connectivity index (χ1v) is 6.77. The van der Waals surface area contributed by atoms with Gasteiger partial charge in [-0.2, -0.15) is 0 Å². The van der Waals surface area contributed by atoms with Crippen LogP contribution in [0, 0.1) is 5.82 Å². The summed E-state index contributed by atoms with van der Waals surface area (Å²) < 4.78 is 13.7. The van der Waals surface area contributed by atoms with Crippen LogP contribution in [0.4, 0.5) is 10.1 Å². The Hall–Kier alpha value is -2.06. The third-order valence-electron chi connectivity index (χ3n) is 3.27. The molecule has 0 spiro atoms. The van der Waals surface area contributed by atoms with Gasteiger partial charge in [0.15, 0.2) is 0 Å². The molecule has 0 atom stereocenters. The lowest BCUT2D eigenvalue weighted by Crippen LogP contribution is -2.02. The molecule has 0 aliphatic rings. The quantitative estimate of drug-likeness (QED) is 0.693. The summed E-state index contributed by atoms with van der Waals surface area (Å²) in [4.78, 5) is 0. The molecule has 0 bridgehead atoms. The fourth-order valence-corrected chi connectivity index (χ4v) is 2.44. The number of nitrogens with one attached hydrogen (secondary N) is 1. The molecule has 100 valence electrons. The van der Waals surface area contributed by atoms with Crippen molar-refractivity contribution in [1.82, 2.24) is 0 Å². The molecule has 3 aromatic rings. The first-order chi connectivity index (χ1) is 9.74. The van der Waals surface area contributed by atoms with Crippen molar-refractivity contribution < 1.29 is 4.39 Å². The predicted molar refractivity (Wildman–Crippen MR) is 82.7 cm³/mol. The Morgan fingerprint density at radius 3 is 2.65 bits per heavy atom. The lowest BCUT2D eigenvalue weighted by Gasteiger charge is -2.10. The fraction of sp³-hybridized carbons (Fsp3) is 0.0588. The SMILES string of the molecule is Fc1ccc(Cl)cc1CNc1cccc2ccccc12. The Bertz CT molecular complexity index is 750. The van der Waals surface area contributed by atoms with Crippen LogP contribution in [0.25, 0.3) is 10.8 Å². The minimum absolute atomic E-state index is 0.248. The molecule has 0 unspecified atom stereocenters. The smallest absolute Gasteiger partial charge is 0.128 e. The number of halogens is 2. The van der Waals surface area contributed by atoms with E-state index in [1.165, 1.54) is 6.07 Å². The van der Waals surface area contributed by atoms with Crippen LogP contribution in [0.15, 0.2) is 60.7 Å². The molecule has 20 heavy (non-hydrogen) atoms. The highest BCUT2D eigenvalue weighted by molar-refractivity contribution is 6.30. The average Bonchev–Trinajstić information content (AvgIpc) is 2.48. The van der Waals surface area contributed by atoms with Gasteiger partial charge in [-0.15, -0.1) is 0 Å². The van der Waals surface area contributed by atoms with E-state index in [9.17, 15) is 4.39 Å². The molecule has 0 fully saturated rings. The van der Waals surface area contributed by atoms with Gasteiger partial charge in [0.2, 0.25) is 0 Å². The van der Waals surface area contributed by atoms with Crippen LogP contribution >= 0.6 is 11.6 Å². The van der Waals surface area contributed by atoms with Gasteiger partial charge in [-0.1, -0.05) is 48.0 Å². The summed E-state index contributed by atoms with van der Waals surface area (Å²) in [6, 6.07) is 18.7. The van der Waals surface area contributed by atoms with Gasteiger partial charge in [-0.25, -0.2) is 4.39 Å². The molecule has 3 heteroatoms. The summed E-state index contributed by atoms with van der Waals surface area (Å²) in [7, 11) is 0. The van der Waals surface area contributed by atoms with Crippen LogP contribution in [0.3, 0.4) is 0 Å². The minimum Gasteiger partial charge on any atom is -0.380 e. The Morgan fingerprint density at radius 1 is 0.950 bits per heavy atom. The number of fused-ring (bicyclic) bond motifs is 1. The maximum absolute atomic E-state index is 13.7. The van der Waals surface area contributed by atoms with Gasteiger partial charge in [-0.3, -0.25) is 0 Å². The van der Waals surface area contributed by atoms with E-state index in [1.807, 2.05) is 30.3 Å². The molecule has 0 amide bonds. The number of rotatable bonds is 3. The van der Waals surface area contributed by atoms with E-state index in [1.54, 1.807) is 12.1 Å². The van der Waals surface area contributed by atoms with Crippen molar-refractivity contribution in [3.8, 4) is 0 Å². The van der Waals surface area contributed by atoms with Gasteiger partial charge < -0.3 is 5.32 Å². The second kappa shape index (κ2) is 5.51. The summed E-state index contributed by atoms with van der Waals surface area (Å²) in [6.45, 7) is 0.403. The van der Waals surface area contributed by atoms with E-state index in [2.05, 4.69) is 17.4 Å². The van der Waals surface area contributed by atoms with Gasteiger partial charge in [0.1, 0.15) is 5.82 Å². The zero-order valence-electron chi connectivity index (χ0n) is 10.7. The summed E-state index contributed by atoms with van der Waals surface area (Å²) in [5.41, 5.74) is 1.55. The highest BCUT2D eigenvalue weighted by Gasteiger charge is 2.04. The van der Waals surface area contributed by atoms with E-state index >= 15 is 0 Å². The maximum atomic E-state index is 13.7. The monoisotopic (exact) mass is 285 g/mol. The molecule has 3 rings (SSSR count). The number of hydrogen-bond donors (Lipinski definition) is 1. The largest absolute Gasteiger partial charge is 0.380 e. The zero-order valence-corrected chi connectivity index (χ0v) is 11.5. The normalized spacial score (nSPS) is 10.7. The van der Waals surface area contributed by atoms with Gasteiger partial charge in [0.05, 0.1) is 0 Å². The predicted octanol–water partition coefficient (Wildman–Crippen LogP) is 5.24. The maximum Gasteiger partial charge on any atom is 0.128 e. The van der Waals surface area contributed by atoms with Crippen molar-refractivity contribution in [2.75, 3.05) is 5.32 Å². The Balaban J connectivity index is 1.89. The molecule has 3 aromatic carbocycles. The highest BCUT2D eigenvalue weighted by atomic mass is 35.5. The van der Waals surface area contributed by atoms with Gasteiger partial charge in [0.25, 0.3) is 0 Å². The summed E-state index contributed by atoms with van der Waals surface area (Å²) in [5, 5.41) is 6.10. The molecule has 0 aromatic heterocycles. The molecule has 0 radical (unpaired) electrons. The van der Waals surface area contributed by atoms with E-state index in [-0.39, 0.29) is 5.82 Å². The van der Waals surface area contributed by atoms with E-state index in [0.29, 0.717) is 17.1 Å². The van der Waals surface area contributed by atoms with Gasteiger partial charge in [-0.05, 0) is 29.7 Å². The molecule has 1 N–H and O–H groups in total. The van der Waals surface area contributed by atoms with Crippen molar-refractivity contribution in [3.05, 3.63) is 77.1 Å². The van der Waals surface area contributed by atoms with Crippen LogP contribution < -0.4 is 5.32 Å². The second-order valence-electron chi connectivity index (χ2n) is 4.62. The molecule has 0 saturated heterocycles. The Labute approximate surface area is 122 Å². The molecular weight excluding hydrogens is 273 g/mol. The van der Waals surface area contributed by atoms with Crippen LogP contribution in [0.2, 0.25) is 5.02 Å². The van der Waals surface area contributed by atoms with Crippen molar-refractivity contribution >= 4 is 28.1 Å². The van der Waals surface area contributed by atoms with E-state index in [4.69, 9.17) is 11.6 Å². The summed E-state index contributed by atoms with van der Waals surface area (Å²) in [6.07, 6.45) is 0. The second-order valence-corrected chi connectivity index (χ2v) is 5.05. The fourth-order valence-electron chi connectivity index (χ4n) is 2.25. The van der Waals surface area contributed by atoms with E-state index < -0.39 is 0 Å². The Kier molecular flexibility index (Phi) is 3.57. The third kappa shape index (κ3) is 2.61. The lowest BCUT2D eigenvalue weighted by molar-refractivity contribution is 0.613. The summed E-state index contributed by atoms with van der Waals surface area (Å²) in [5.74, 6) is -0.248. The zero-order chi connectivity index (χ0) is 13.9. The van der Waals surface area contributed by atoms with Crippen molar-refractivity contribution in [2.24, 2.45) is 0 Å². The number of hydrogen-bond acceptors (Lipinski definition) is 1. The van der Waals surface area contributed by atoms with Crippen LogP contribution in [-0.2, 0) is 6.54 Å².